The number of hydrogen-bond donors (Lipinski definition) is 1. The minimum absolute atomic E-state index is 0.975. The summed E-state index contributed by atoms with van der Waals surface area (Å²) in [5.74, 6) is 0. The lowest BCUT2D eigenvalue weighted by Gasteiger charge is -2.00. The van der Waals surface area contributed by atoms with Crippen LogP contribution in [0.5, 0.6) is 0 Å². The summed E-state index contributed by atoms with van der Waals surface area (Å²) < 4.78 is 0. The summed E-state index contributed by atoms with van der Waals surface area (Å²) in [5.41, 5.74) is 5.37. The number of nitrogens with zero attached hydrogens (tertiary/aromatic N) is 2. The number of H-pyrrole nitrogens is 1. The van der Waals surface area contributed by atoms with E-state index in [2.05, 4.69) is 38.8 Å². The maximum Gasteiger partial charge on any atom is 0.123 e. The van der Waals surface area contributed by atoms with Gasteiger partial charge in [0, 0.05) is 27.9 Å². The summed E-state index contributed by atoms with van der Waals surface area (Å²) in [7, 11) is 0. The van der Waals surface area contributed by atoms with Crippen LogP contribution in [-0.2, 0) is 0 Å². The van der Waals surface area contributed by atoms with E-state index in [4.69, 9.17) is 0 Å². The molecule has 0 radical (unpaired) electrons. The quantitative estimate of drug-likeness (QED) is 0.756. The van der Waals surface area contributed by atoms with E-state index in [9.17, 15) is 0 Å². The Hall–Kier alpha value is -1.94. The van der Waals surface area contributed by atoms with Crippen molar-refractivity contribution >= 4 is 11.3 Å². The molecule has 4 heteroatoms. The first-order chi connectivity index (χ1) is 8.72. The van der Waals surface area contributed by atoms with Crippen LogP contribution in [0.2, 0.25) is 0 Å². The maximum atomic E-state index is 4.51. The SMILES string of the molecule is Cc1csc(-c2cccc(-c3cc(C)[nH]n3)c2)n1. The molecule has 3 aromatic rings. The van der Waals surface area contributed by atoms with Crippen LogP contribution >= 0.6 is 11.3 Å². The third kappa shape index (κ3) is 2.07. The predicted molar refractivity (Wildman–Crippen MR) is 74.6 cm³/mol. The van der Waals surface area contributed by atoms with E-state index < -0.39 is 0 Å². The largest absolute Gasteiger partial charge is 0.282 e. The zero-order valence-corrected chi connectivity index (χ0v) is 11.1. The zero-order valence-electron chi connectivity index (χ0n) is 10.3. The number of aromatic nitrogens is 3. The first-order valence-corrected chi connectivity index (χ1v) is 6.65. The third-order valence-electron chi connectivity index (χ3n) is 2.73. The molecule has 0 aliphatic heterocycles. The van der Waals surface area contributed by atoms with E-state index in [1.54, 1.807) is 11.3 Å². The van der Waals surface area contributed by atoms with Gasteiger partial charge in [0.05, 0.1) is 5.69 Å². The molecule has 0 aliphatic rings. The maximum absolute atomic E-state index is 4.51. The van der Waals surface area contributed by atoms with Gasteiger partial charge in [-0.2, -0.15) is 5.10 Å². The average Bonchev–Trinajstić information content (AvgIpc) is 2.98. The minimum Gasteiger partial charge on any atom is -0.282 e. The molecular weight excluding hydrogens is 242 g/mol. The Morgan fingerprint density at radius 2 is 1.94 bits per heavy atom. The summed E-state index contributed by atoms with van der Waals surface area (Å²) >= 11 is 1.67. The van der Waals surface area contributed by atoms with Crippen molar-refractivity contribution in [2.24, 2.45) is 0 Å². The molecule has 0 spiro atoms. The van der Waals surface area contributed by atoms with E-state index in [-0.39, 0.29) is 0 Å². The highest BCUT2D eigenvalue weighted by Crippen LogP contribution is 2.27. The van der Waals surface area contributed by atoms with Crippen molar-refractivity contribution in [3.05, 3.63) is 47.1 Å². The molecule has 18 heavy (non-hydrogen) atoms. The fourth-order valence-corrected chi connectivity index (χ4v) is 2.66. The van der Waals surface area contributed by atoms with Crippen LogP contribution < -0.4 is 0 Å². The molecule has 0 saturated heterocycles. The van der Waals surface area contributed by atoms with Crippen LogP contribution in [0.3, 0.4) is 0 Å². The van der Waals surface area contributed by atoms with Gasteiger partial charge in [-0.3, -0.25) is 5.10 Å². The number of rotatable bonds is 2. The van der Waals surface area contributed by atoms with Crippen molar-refractivity contribution in [3.8, 4) is 21.8 Å². The van der Waals surface area contributed by atoms with Gasteiger partial charge in [-0.1, -0.05) is 18.2 Å². The van der Waals surface area contributed by atoms with Crippen molar-refractivity contribution in [2.45, 2.75) is 13.8 Å². The molecule has 1 aromatic carbocycles. The van der Waals surface area contributed by atoms with Gasteiger partial charge < -0.3 is 0 Å². The molecule has 3 nitrogen and oxygen atoms in total. The van der Waals surface area contributed by atoms with Crippen LogP contribution in [0.15, 0.2) is 35.7 Å². The van der Waals surface area contributed by atoms with E-state index in [1.807, 2.05) is 26.0 Å². The first-order valence-electron chi connectivity index (χ1n) is 5.77. The summed E-state index contributed by atoms with van der Waals surface area (Å²) in [6, 6.07) is 10.4. The molecule has 0 saturated carbocycles. The lowest BCUT2D eigenvalue weighted by molar-refractivity contribution is 1.05. The number of benzene rings is 1. The van der Waals surface area contributed by atoms with E-state index in [1.165, 1.54) is 0 Å². The number of aromatic amines is 1. The Kier molecular flexibility index (Phi) is 2.72. The van der Waals surface area contributed by atoms with Crippen LogP contribution in [0.4, 0.5) is 0 Å². The van der Waals surface area contributed by atoms with Gasteiger partial charge >= 0.3 is 0 Å². The Morgan fingerprint density at radius 1 is 1.11 bits per heavy atom. The van der Waals surface area contributed by atoms with Crippen LogP contribution in [0.25, 0.3) is 21.8 Å². The van der Waals surface area contributed by atoms with Crippen molar-refractivity contribution < 1.29 is 0 Å². The van der Waals surface area contributed by atoms with Crippen molar-refractivity contribution in [3.63, 3.8) is 0 Å². The van der Waals surface area contributed by atoms with Crippen molar-refractivity contribution in [1.82, 2.24) is 15.2 Å². The highest BCUT2D eigenvalue weighted by Gasteiger charge is 2.06. The van der Waals surface area contributed by atoms with E-state index >= 15 is 0 Å². The van der Waals surface area contributed by atoms with Crippen LogP contribution in [0, 0.1) is 13.8 Å². The second-order valence-electron chi connectivity index (χ2n) is 4.31. The van der Waals surface area contributed by atoms with Gasteiger partial charge in [-0.15, -0.1) is 11.3 Å². The molecule has 0 unspecified atom stereocenters. The zero-order chi connectivity index (χ0) is 12.5. The molecule has 0 fully saturated rings. The van der Waals surface area contributed by atoms with Crippen molar-refractivity contribution in [2.75, 3.05) is 0 Å². The topological polar surface area (TPSA) is 41.6 Å². The number of aryl methyl sites for hydroxylation is 2. The Bertz CT molecular complexity index is 626. The summed E-state index contributed by atoms with van der Waals surface area (Å²) in [5, 5.41) is 10.4. The van der Waals surface area contributed by atoms with Gasteiger partial charge in [0.15, 0.2) is 0 Å². The van der Waals surface area contributed by atoms with Gasteiger partial charge in [0.1, 0.15) is 5.01 Å². The van der Waals surface area contributed by atoms with Gasteiger partial charge in [-0.05, 0) is 26.0 Å². The summed E-state index contributed by atoms with van der Waals surface area (Å²) in [4.78, 5) is 4.51. The lowest BCUT2D eigenvalue weighted by atomic mass is 10.1. The average molecular weight is 255 g/mol. The Balaban J connectivity index is 2.04. The van der Waals surface area contributed by atoms with Crippen molar-refractivity contribution in [1.29, 1.82) is 0 Å². The van der Waals surface area contributed by atoms with Gasteiger partial charge in [0.25, 0.3) is 0 Å². The van der Waals surface area contributed by atoms with Gasteiger partial charge in [0.2, 0.25) is 0 Å². The molecule has 2 heterocycles. The van der Waals surface area contributed by atoms with Gasteiger partial charge in [-0.25, -0.2) is 4.98 Å². The summed E-state index contributed by atoms with van der Waals surface area (Å²) in [6.07, 6.45) is 0. The predicted octanol–water partition coefficient (Wildman–Crippen LogP) is 3.82. The standard InChI is InChI=1S/C14H13N3S/c1-9-6-13(17-16-9)11-4-3-5-12(7-11)14-15-10(2)8-18-14/h3-8H,1-2H3,(H,16,17). The molecule has 1 N–H and O–H groups in total. The Morgan fingerprint density at radius 3 is 2.61 bits per heavy atom. The highest BCUT2D eigenvalue weighted by molar-refractivity contribution is 7.13. The van der Waals surface area contributed by atoms with E-state index in [0.717, 1.165) is 33.2 Å². The highest BCUT2D eigenvalue weighted by atomic mass is 32.1. The number of nitrogens with one attached hydrogen (secondary N) is 1. The second kappa shape index (κ2) is 4.38. The molecule has 0 atom stereocenters. The second-order valence-corrected chi connectivity index (χ2v) is 5.17. The summed E-state index contributed by atoms with van der Waals surface area (Å²) in [6.45, 7) is 4.02. The normalized spacial score (nSPS) is 10.8. The molecule has 0 amide bonds. The first kappa shape index (κ1) is 11.2. The van der Waals surface area contributed by atoms with E-state index in [0.29, 0.717) is 0 Å². The monoisotopic (exact) mass is 255 g/mol. The lowest BCUT2D eigenvalue weighted by Crippen LogP contribution is -1.81. The third-order valence-corrected chi connectivity index (χ3v) is 3.74. The molecule has 0 aliphatic carbocycles. The fourth-order valence-electron chi connectivity index (χ4n) is 1.86. The molecule has 3 rings (SSSR count). The molecule has 2 aromatic heterocycles. The molecular formula is C14H13N3S. The fraction of sp³-hybridized carbons (Fsp3) is 0.143. The number of thiazole rings is 1. The van der Waals surface area contributed by atoms with Crippen LogP contribution in [0.1, 0.15) is 11.4 Å². The minimum atomic E-state index is 0.975. The molecule has 0 bridgehead atoms. The number of hydrogen-bond acceptors (Lipinski definition) is 3. The van der Waals surface area contributed by atoms with Crippen LogP contribution in [-0.4, -0.2) is 15.2 Å². The smallest absolute Gasteiger partial charge is 0.123 e. The molecule has 90 valence electrons. The Labute approximate surface area is 110 Å².